The average Bonchev–Trinajstić information content (AvgIpc) is 2.31. The molecule has 10 heavy (non-hydrogen) atoms. The molecular weight excluding hydrogens is 130 g/mol. The first-order chi connectivity index (χ1) is 4.83. The summed E-state index contributed by atoms with van der Waals surface area (Å²) in [7, 11) is 0. The van der Waals surface area contributed by atoms with Gasteiger partial charge >= 0.3 is 0 Å². The fourth-order valence-corrected chi connectivity index (χ4v) is 0.639. The van der Waals surface area contributed by atoms with E-state index < -0.39 is 0 Å². The number of hydrogen-bond donors (Lipinski definition) is 1. The molecule has 1 aromatic rings. The predicted molar refractivity (Wildman–Crippen MR) is 34.1 cm³/mol. The monoisotopic (exact) mass is 137 g/mol. The van der Waals surface area contributed by atoms with Crippen molar-refractivity contribution in [2.24, 2.45) is 0 Å². The standard InChI is InChI=1S/C6H7N3O/c7-2-1-3-9-5-6(10)4-8-9/h4-5,10H,1,3H2. The molecule has 0 atom stereocenters. The van der Waals surface area contributed by atoms with Gasteiger partial charge in [0.2, 0.25) is 0 Å². The van der Waals surface area contributed by atoms with Gasteiger partial charge in [-0.1, -0.05) is 0 Å². The molecule has 0 saturated heterocycles. The number of aromatic nitrogens is 2. The highest BCUT2D eigenvalue weighted by Crippen LogP contribution is 2.03. The molecule has 0 fully saturated rings. The zero-order valence-corrected chi connectivity index (χ0v) is 5.36. The Morgan fingerprint density at radius 3 is 3.10 bits per heavy atom. The quantitative estimate of drug-likeness (QED) is 0.645. The highest BCUT2D eigenvalue weighted by atomic mass is 16.3. The van der Waals surface area contributed by atoms with Gasteiger partial charge < -0.3 is 5.11 Å². The van der Waals surface area contributed by atoms with Gasteiger partial charge in [-0.15, -0.1) is 0 Å². The van der Waals surface area contributed by atoms with Crippen LogP contribution in [0, 0.1) is 11.3 Å². The highest BCUT2D eigenvalue weighted by Gasteiger charge is 1.92. The summed E-state index contributed by atoms with van der Waals surface area (Å²) in [5.74, 6) is 0.137. The van der Waals surface area contributed by atoms with Crippen LogP contribution in [0.2, 0.25) is 0 Å². The second-order valence-electron chi connectivity index (χ2n) is 1.87. The molecular formula is C6H7N3O. The molecule has 1 heterocycles. The molecule has 0 bridgehead atoms. The van der Waals surface area contributed by atoms with Crippen LogP contribution in [0.5, 0.6) is 5.75 Å². The van der Waals surface area contributed by atoms with Crippen LogP contribution in [0.4, 0.5) is 0 Å². The van der Waals surface area contributed by atoms with E-state index in [1.165, 1.54) is 17.1 Å². The third kappa shape index (κ3) is 1.49. The lowest BCUT2D eigenvalue weighted by atomic mass is 10.5. The summed E-state index contributed by atoms with van der Waals surface area (Å²) in [4.78, 5) is 0. The summed E-state index contributed by atoms with van der Waals surface area (Å²) >= 11 is 0. The Morgan fingerprint density at radius 2 is 2.60 bits per heavy atom. The molecule has 52 valence electrons. The van der Waals surface area contributed by atoms with Crippen molar-refractivity contribution in [1.29, 1.82) is 5.26 Å². The maximum absolute atomic E-state index is 8.79. The van der Waals surface area contributed by atoms with Crippen LogP contribution in [0.15, 0.2) is 12.4 Å². The summed E-state index contributed by atoms with van der Waals surface area (Å²) in [6.45, 7) is 0.539. The lowest BCUT2D eigenvalue weighted by Gasteiger charge is -1.91. The van der Waals surface area contributed by atoms with Crippen LogP contribution in [-0.2, 0) is 6.54 Å². The van der Waals surface area contributed by atoms with Crippen LogP contribution in [0.3, 0.4) is 0 Å². The van der Waals surface area contributed by atoms with Gasteiger partial charge in [0.05, 0.1) is 31.4 Å². The number of rotatable bonds is 2. The summed E-state index contributed by atoms with van der Waals surface area (Å²) < 4.78 is 1.53. The van der Waals surface area contributed by atoms with Gasteiger partial charge in [0, 0.05) is 0 Å². The van der Waals surface area contributed by atoms with Crippen LogP contribution < -0.4 is 0 Å². The van der Waals surface area contributed by atoms with Crippen LogP contribution >= 0.6 is 0 Å². The minimum atomic E-state index is 0.137. The molecule has 0 aliphatic heterocycles. The largest absolute Gasteiger partial charge is 0.505 e. The topological polar surface area (TPSA) is 61.8 Å². The van der Waals surface area contributed by atoms with Crippen molar-refractivity contribution < 1.29 is 5.11 Å². The molecule has 0 radical (unpaired) electrons. The normalized spacial score (nSPS) is 9.10. The minimum Gasteiger partial charge on any atom is -0.505 e. The predicted octanol–water partition coefficient (Wildman–Crippen LogP) is 0.502. The first kappa shape index (κ1) is 6.62. The number of nitrogens with zero attached hydrogens (tertiary/aromatic N) is 3. The van der Waals surface area contributed by atoms with Crippen molar-refractivity contribution in [3.63, 3.8) is 0 Å². The van der Waals surface area contributed by atoms with Crippen molar-refractivity contribution in [3.05, 3.63) is 12.4 Å². The van der Waals surface area contributed by atoms with E-state index in [0.717, 1.165) is 0 Å². The van der Waals surface area contributed by atoms with Crippen molar-refractivity contribution in [3.8, 4) is 11.8 Å². The van der Waals surface area contributed by atoms with Gasteiger partial charge in [0.25, 0.3) is 0 Å². The van der Waals surface area contributed by atoms with Crippen LogP contribution in [-0.4, -0.2) is 14.9 Å². The second kappa shape index (κ2) is 2.87. The van der Waals surface area contributed by atoms with Gasteiger partial charge in [-0.05, 0) is 0 Å². The first-order valence-electron chi connectivity index (χ1n) is 2.91. The number of hydrogen-bond acceptors (Lipinski definition) is 3. The van der Waals surface area contributed by atoms with Gasteiger partial charge in [-0.3, -0.25) is 4.68 Å². The summed E-state index contributed by atoms with van der Waals surface area (Å²) in [6, 6.07) is 1.98. The highest BCUT2D eigenvalue weighted by molar-refractivity contribution is 5.08. The Labute approximate surface area is 58.3 Å². The smallest absolute Gasteiger partial charge is 0.153 e. The Balaban J connectivity index is 2.52. The molecule has 0 aliphatic rings. The lowest BCUT2D eigenvalue weighted by Crippen LogP contribution is -1.95. The van der Waals surface area contributed by atoms with Crippen molar-refractivity contribution >= 4 is 0 Å². The number of nitriles is 1. The van der Waals surface area contributed by atoms with Crippen molar-refractivity contribution in [2.45, 2.75) is 13.0 Å². The van der Waals surface area contributed by atoms with E-state index in [4.69, 9.17) is 10.4 Å². The Kier molecular flexibility index (Phi) is 1.90. The molecule has 1 N–H and O–H groups in total. The fourth-order valence-electron chi connectivity index (χ4n) is 0.639. The minimum absolute atomic E-state index is 0.137. The Hall–Kier alpha value is -1.50. The fraction of sp³-hybridized carbons (Fsp3) is 0.333. The van der Waals surface area contributed by atoms with Gasteiger partial charge in [0.15, 0.2) is 5.75 Å². The molecule has 0 unspecified atom stereocenters. The van der Waals surface area contributed by atoms with Gasteiger partial charge in [0.1, 0.15) is 0 Å². The SMILES string of the molecule is N#CCCn1cc(O)cn1. The Morgan fingerprint density at radius 1 is 1.80 bits per heavy atom. The summed E-state index contributed by atoms with van der Waals surface area (Å²) in [5.41, 5.74) is 0. The average molecular weight is 137 g/mol. The van der Waals surface area contributed by atoms with E-state index in [1.54, 1.807) is 0 Å². The van der Waals surface area contributed by atoms with Gasteiger partial charge in [-0.25, -0.2) is 0 Å². The molecule has 1 aromatic heterocycles. The second-order valence-corrected chi connectivity index (χ2v) is 1.87. The van der Waals surface area contributed by atoms with E-state index in [0.29, 0.717) is 13.0 Å². The Bertz CT molecular complexity index is 248. The molecule has 0 aromatic carbocycles. The summed E-state index contributed by atoms with van der Waals surface area (Å²) in [6.07, 6.45) is 3.25. The first-order valence-corrected chi connectivity index (χ1v) is 2.91. The van der Waals surface area contributed by atoms with Gasteiger partial charge in [-0.2, -0.15) is 10.4 Å². The zero-order valence-electron chi connectivity index (χ0n) is 5.36. The van der Waals surface area contributed by atoms with E-state index >= 15 is 0 Å². The number of aromatic hydroxyl groups is 1. The lowest BCUT2D eigenvalue weighted by molar-refractivity contribution is 0.473. The third-order valence-corrected chi connectivity index (χ3v) is 1.07. The molecule has 0 saturated carbocycles. The molecule has 0 amide bonds. The maximum atomic E-state index is 8.79. The van der Waals surface area contributed by atoms with Crippen LogP contribution in [0.1, 0.15) is 6.42 Å². The van der Waals surface area contributed by atoms with E-state index in [9.17, 15) is 0 Å². The van der Waals surface area contributed by atoms with Crippen molar-refractivity contribution in [1.82, 2.24) is 9.78 Å². The molecule has 4 nitrogen and oxygen atoms in total. The molecule has 0 spiro atoms. The molecule has 4 heteroatoms. The molecule has 0 aliphatic carbocycles. The molecule has 1 rings (SSSR count). The van der Waals surface area contributed by atoms with Crippen molar-refractivity contribution in [2.75, 3.05) is 0 Å². The van der Waals surface area contributed by atoms with E-state index in [-0.39, 0.29) is 5.75 Å². The van der Waals surface area contributed by atoms with E-state index in [1.807, 2.05) is 6.07 Å². The van der Waals surface area contributed by atoms with Crippen LogP contribution in [0.25, 0.3) is 0 Å². The summed E-state index contributed by atoms with van der Waals surface area (Å²) in [5, 5.41) is 20.7. The maximum Gasteiger partial charge on any atom is 0.153 e. The number of aryl methyl sites for hydroxylation is 1. The zero-order chi connectivity index (χ0) is 7.40. The third-order valence-electron chi connectivity index (χ3n) is 1.07. The van der Waals surface area contributed by atoms with E-state index in [2.05, 4.69) is 5.10 Å².